The summed E-state index contributed by atoms with van der Waals surface area (Å²) < 4.78 is 45.0. The van der Waals surface area contributed by atoms with Gasteiger partial charge in [-0.2, -0.15) is 0 Å². The third kappa shape index (κ3) is 10.2. The molecule has 17 heteroatoms. The molecule has 3 aliphatic rings. The molecule has 4 N–H and O–H groups in total. The molecule has 0 saturated carbocycles. The molecule has 7 atom stereocenters. The highest BCUT2D eigenvalue weighted by atomic mass is 31.2. The Hall–Kier alpha value is -4.74. The molecule has 0 aliphatic carbocycles. The maximum Gasteiger partial charge on any atom is 0.343 e. The molecule has 2 saturated heterocycles. The van der Waals surface area contributed by atoms with Crippen molar-refractivity contribution < 1.29 is 27.8 Å². The minimum absolute atomic E-state index is 0.0909. The van der Waals surface area contributed by atoms with Crippen molar-refractivity contribution in [1.82, 2.24) is 34.8 Å². The number of amides is 1. The number of H-pyrrole nitrogens is 1. The molecule has 4 aromatic rings. The smallest absolute Gasteiger partial charge is 0.343 e. The number of rotatable bonds is 16. The van der Waals surface area contributed by atoms with E-state index in [1.807, 2.05) is 59.5 Å². The van der Waals surface area contributed by atoms with Crippen LogP contribution in [0, 0.1) is 6.92 Å². The molecule has 15 nitrogen and oxygen atoms in total. The van der Waals surface area contributed by atoms with E-state index in [0.29, 0.717) is 23.4 Å². The molecule has 7 unspecified atom stereocenters. The molecule has 0 spiro atoms. The van der Waals surface area contributed by atoms with Crippen molar-refractivity contribution in [3.63, 3.8) is 0 Å². The Balaban J connectivity index is 1.23. The van der Waals surface area contributed by atoms with Gasteiger partial charge in [-0.25, -0.2) is 14.6 Å². The van der Waals surface area contributed by atoms with Crippen LogP contribution < -0.4 is 27.0 Å². The molecule has 65 heavy (non-hydrogen) atoms. The second-order valence-electron chi connectivity index (χ2n) is 18.9. The molecule has 348 valence electrons. The second-order valence-corrected chi connectivity index (χ2v) is 26.1. The van der Waals surface area contributed by atoms with E-state index in [9.17, 15) is 14.4 Å². The van der Waals surface area contributed by atoms with Crippen LogP contribution in [-0.4, -0.2) is 91.2 Å². The van der Waals surface area contributed by atoms with Gasteiger partial charge in [0.2, 0.25) is 0 Å². The molecule has 3 aliphatic heterocycles. The van der Waals surface area contributed by atoms with Crippen LogP contribution in [0.25, 0.3) is 0 Å². The minimum atomic E-state index is -3.90. The zero-order chi connectivity index (χ0) is 46.9. The number of carbonyl (C=O) groups excluding carboxylic acids is 1. The predicted octanol–water partition coefficient (Wildman–Crippen LogP) is 6.67. The number of aromatic nitrogens is 2. The standard InChI is InChI=1S/C48H64N7O8PSi/c1-32-28-54(34(3)49-44(32)56)42-26-38(51-48(35-20-14-11-15-21-35,36-22-16-12-17-23-36)37-24-18-13-19-25-37)40(62-42)30-60-64(59,53(7)8)52-39-27-43(55-29-33(2)45(57)50-46(55)58)63-41(39)31-61-65(9,10)47(4,5)6/h11-25,28-29,38-43,51H,3,26-27,30-31H2,1-2,4-10H3,(H,49,56)(H,52,59)(H,50,57,58). The third-order valence-electron chi connectivity index (χ3n) is 13.2. The van der Waals surface area contributed by atoms with Crippen LogP contribution in [0.15, 0.2) is 131 Å². The largest absolute Gasteiger partial charge is 0.414 e. The fourth-order valence-corrected chi connectivity index (χ4v) is 10.9. The molecule has 2 fully saturated rings. The lowest BCUT2D eigenvalue weighted by molar-refractivity contribution is -0.118. The molecule has 3 aromatic carbocycles. The fourth-order valence-electron chi connectivity index (χ4n) is 8.35. The van der Waals surface area contributed by atoms with E-state index in [-0.39, 0.29) is 30.6 Å². The molecule has 0 radical (unpaired) electrons. The Morgan fingerprint density at radius 2 is 1.35 bits per heavy atom. The van der Waals surface area contributed by atoms with Crippen LogP contribution in [0.2, 0.25) is 18.1 Å². The zero-order valence-corrected chi connectivity index (χ0v) is 40.8. The summed E-state index contributed by atoms with van der Waals surface area (Å²) in [6.45, 7) is 18.3. The first-order valence-corrected chi connectivity index (χ1v) is 26.6. The van der Waals surface area contributed by atoms with Gasteiger partial charge in [-0.1, -0.05) is 118 Å². The van der Waals surface area contributed by atoms with E-state index < -0.39 is 69.5 Å². The second kappa shape index (κ2) is 19.2. The van der Waals surface area contributed by atoms with Gasteiger partial charge in [0.1, 0.15) is 18.3 Å². The lowest BCUT2D eigenvalue weighted by atomic mass is 9.76. The SMILES string of the molecule is C=C1NC(=O)C(C)=CN1C1CC(NC(c2ccccc2)(c2ccccc2)c2ccccc2)C(COP(=O)(NC2CC(n3cc(C)c(=O)[nH]c3=O)OC2CO[Si](C)(C)C(C)(C)C)N(C)C)O1. The van der Waals surface area contributed by atoms with Gasteiger partial charge in [-0.3, -0.25) is 29.0 Å². The molecular weight excluding hydrogens is 862 g/mol. The first-order valence-electron chi connectivity index (χ1n) is 22.1. The van der Waals surface area contributed by atoms with Gasteiger partial charge in [0, 0.05) is 48.5 Å². The summed E-state index contributed by atoms with van der Waals surface area (Å²) >= 11 is 0. The lowest BCUT2D eigenvalue weighted by Crippen LogP contribution is -2.53. The summed E-state index contributed by atoms with van der Waals surface area (Å²) in [6, 6.07) is 29.7. The number of aryl methyl sites for hydroxylation is 1. The van der Waals surface area contributed by atoms with Crippen molar-refractivity contribution in [1.29, 1.82) is 0 Å². The maximum absolute atomic E-state index is 15.3. The Morgan fingerprint density at radius 3 is 1.89 bits per heavy atom. The topological polar surface area (TPSA) is 168 Å². The van der Waals surface area contributed by atoms with Crippen molar-refractivity contribution in [2.45, 2.75) is 108 Å². The van der Waals surface area contributed by atoms with Crippen molar-refractivity contribution in [2.75, 3.05) is 27.3 Å². The highest BCUT2D eigenvalue weighted by Crippen LogP contribution is 2.49. The average Bonchev–Trinajstić information content (AvgIpc) is 3.87. The van der Waals surface area contributed by atoms with Crippen molar-refractivity contribution in [2.24, 2.45) is 0 Å². The first-order chi connectivity index (χ1) is 30.7. The summed E-state index contributed by atoms with van der Waals surface area (Å²) in [5.41, 5.74) is 1.92. The quantitative estimate of drug-likeness (QED) is 0.0536. The van der Waals surface area contributed by atoms with Crippen LogP contribution in [0.5, 0.6) is 0 Å². The minimum Gasteiger partial charge on any atom is -0.414 e. The summed E-state index contributed by atoms with van der Waals surface area (Å²) in [5.74, 6) is 0.144. The molecule has 7 rings (SSSR count). The Bertz CT molecular complexity index is 2430. The van der Waals surface area contributed by atoms with E-state index in [4.69, 9.17) is 18.4 Å². The highest BCUT2D eigenvalue weighted by Gasteiger charge is 2.49. The van der Waals surface area contributed by atoms with Crippen molar-refractivity contribution >= 4 is 21.9 Å². The predicted molar refractivity (Wildman–Crippen MR) is 254 cm³/mol. The Morgan fingerprint density at radius 1 is 0.831 bits per heavy atom. The lowest BCUT2D eigenvalue weighted by Gasteiger charge is -2.40. The third-order valence-corrected chi connectivity index (χ3v) is 19.9. The number of hydrogen-bond donors (Lipinski definition) is 4. The van der Waals surface area contributed by atoms with E-state index in [1.165, 1.54) is 15.4 Å². The van der Waals surface area contributed by atoms with E-state index >= 15 is 4.57 Å². The van der Waals surface area contributed by atoms with Gasteiger partial charge < -0.3 is 28.6 Å². The normalized spacial score (nSPS) is 24.0. The number of ether oxygens (including phenoxy) is 2. The molecule has 1 aromatic heterocycles. The fraction of sp³-hybridized carbons (Fsp3) is 0.438. The number of benzene rings is 3. The summed E-state index contributed by atoms with van der Waals surface area (Å²) in [6.07, 6.45) is 1.20. The van der Waals surface area contributed by atoms with Crippen LogP contribution in [0.3, 0.4) is 0 Å². The van der Waals surface area contributed by atoms with E-state index in [1.54, 1.807) is 34.1 Å². The van der Waals surface area contributed by atoms with Crippen LogP contribution in [0.1, 0.15) is 69.0 Å². The van der Waals surface area contributed by atoms with Gasteiger partial charge in [0.25, 0.3) is 11.5 Å². The van der Waals surface area contributed by atoms with Crippen molar-refractivity contribution in [3.05, 3.63) is 164 Å². The Kier molecular flexibility index (Phi) is 14.3. The molecule has 4 heterocycles. The number of nitrogens with zero attached hydrogens (tertiary/aromatic N) is 3. The van der Waals surface area contributed by atoms with Crippen LogP contribution >= 0.6 is 7.67 Å². The summed E-state index contributed by atoms with van der Waals surface area (Å²) in [4.78, 5) is 42.3. The van der Waals surface area contributed by atoms with E-state index in [0.717, 1.165) is 16.7 Å². The number of aromatic amines is 1. The van der Waals surface area contributed by atoms with Gasteiger partial charge in [0.15, 0.2) is 8.32 Å². The van der Waals surface area contributed by atoms with Crippen LogP contribution in [0.4, 0.5) is 0 Å². The Labute approximate surface area is 382 Å². The van der Waals surface area contributed by atoms with E-state index in [2.05, 4.69) is 97.5 Å². The number of hydrogen-bond acceptors (Lipinski definition) is 10. The van der Waals surface area contributed by atoms with Gasteiger partial charge in [0.05, 0.1) is 31.0 Å². The highest BCUT2D eigenvalue weighted by molar-refractivity contribution is 7.54. The molecule has 0 bridgehead atoms. The molecular formula is C48H64N7O8PSi. The van der Waals surface area contributed by atoms with Crippen LogP contribution in [-0.2, 0) is 33.3 Å². The van der Waals surface area contributed by atoms with Gasteiger partial charge >= 0.3 is 13.4 Å². The molecule has 1 amide bonds. The number of carbonyl (C=O) groups is 1. The average molecular weight is 926 g/mol. The maximum atomic E-state index is 15.3. The van der Waals surface area contributed by atoms with Crippen molar-refractivity contribution in [3.8, 4) is 0 Å². The van der Waals surface area contributed by atoms with Gasteiger partial charge in [-0.05, 0) is 62.8 Å². The summed E-state index contributed by atoms with van der Waals surface area (Å²) in [5, 5.41) is 10.2. The zero-order valence-electron chi connectivity index (χ0n) is 38.9. The summed E-state index contributed by atoms with van der Waals surface area (Å²) in [7, 11) is -2.81. The van der Waals surface area contributed by atoms with Gasteiger partial charge in [-0.15, -0.1) is 0 Å². The number of nitrogens with one attached hydrogen (secondary N) is 4. The monoisotopic (exact) mass is 925 g/mol. The first kappa shape index (κ1) is 48.2.